The van der Waals surface area contributed by atoms with E-state index in [1.54, 1.807) is 7.11 Å². The van der Waals surface area contributed by atoms with Gasteiger partial charge >= 0.3 is 0 Å². The quantitative estimate of drug-likeness (QED) is 0.504. The van der Waals surface area contributed by atoms with Gasteiger partial charge in [0, 0.05) is 10.9 Å². The van der Waals surface area contributed by atoms with Crippen molar-refractivity contribution in [1.82, 2.24) is 0 Å². The standard InChI is InChI=1S/C21H16O2/c1-23-15-12-10-14(11-13-15)20-18-8-4-2-6-16(18)17-7-3-5-9-19(17)21(20)22/h2-13,22H,1H3. The molecule has 0 saturated heterocycles. The first kappa shape index (κ1) is 13.6. The molecule has 0 amide bonds. The molecule has 0 heterocycles. The van der Waals surface area contributed by atoms with E-state index in [1.807, 2.05) is 54.6 Å². The SMILES string of the molecule is COc1ccc(-c2c(O)c3ccccc3c3ccccc23)cc1. The second-order valence-corrected chi connectivity index (χ2v) is 5.54. The summed E-state index contributed by atoms with van der Waals surface area (Å²) in [6, 6.07) is 24.0. The van der Waals surface area contributed by atoms with Crippen LogP contribution in [0.5, 0.6) is 11.5 Å². The molecule has 0 radical (unpaired) electrons. The molecule has 4 aromatic rings. The normalized spacial score (nSPS) is 11.0. The maximum absolute atomic E-state index is 10.9. The van der Waals surface area contributed by atoms with Crippen molar-refractivity contribution < 1.29 is 9.84 Å². The number of rotatable bonds is 2. The molecular weight excluding hydrogens is 284 g/mol. The minimum Gasteiger partial charge on any atom is -0.507 e. The Morgan fingerprint density at radius 3 is 1.78 bits per heavy atom. The van der Waals surface area contributed by atoms with Crippen LogP contribution in [0.25, 0.3) is 32.7 Å². The van der Waals surface area contributed by atoms with E-state index < -0.39 is 0 Å². The van der Waals surface area contributed by atoms with Crippen LogP contribution in [0.3, 0.4) is 0 Å². The maximum atomic E-state index is 10.9. The fraction of sp³-hybridized carbons (Fsp3) is 0.0476. The zero-order valence-corrected chi connectivity index (χ0v) is 12.8. The van der Waals surface area contributed by atoms with Gasteiger partial charge in [-0.1, -0.05) is 60.7 Å². The molecule has 0 atom stereocenters. The van der Waals surface area contributed by atoms with Gasteiger partial charge in [0.05, 0.1) is 7.11 Å². The van der Waals surface area contributed by atoms with Crippen LogP contribution in [0.4, 0.5) is 0 Å². The summed E-state index contributed by atoms with van der Waals surface area (Å²) in [6.45, 7) is 0. The lowest BCUT2D eigenvalue weighted by Crippen LogP contribution is -1.87. The zero-order valence-electron chi connectivity index (χ0n) is 12.8. The average molecular weight is 300 g/mol. The highest BCUT2D eigenvalue weighted by Gasteiger charge is 2.14. The predicted octanol–water partition coefficient (Wildman–Crippen LogP) is 5.37. The molecule has 4 rings (SSSR count). The van der Waals surface area contributed by atoms with Crippen molar-refractivity contribution in [2.75, 3.05) is 7.11 Å². The van der Waals surface area contributed by atoms with Crippen molar-refractivity contribution in [2.24, 2.45) is 0 Å². The molecule has 2 nitrogen and oxygen atoms in total. The van der Waals surface area contributed by atoms with E-state index in [9.17, 15) is 5.11 Å². The number of hydrogen-bond donors (Lipinski definition) is 1. The molecule has 0 aromatic heterocycles. The third-order valence-electron chi connectivity index (χ3n) is 4.28. The fourth-order valence-corrected chi connectivity index (χ4v) is 3.17. The third-order valence-corrected chi connectivity index (χ3v) is 4.28. The molecule has 4 aromatic carbocycles. The first-order valence-corrected chi connectivity index (χ1v) is 7.56. The Balaban J connectivity index is 2.13. The Morgan fingerprint density at radius 1 is 0.652 bits per heavy atom. The molecule has 0 bridgehead atoms. The van der Waals surface area contributed by atoms with Crippen LogP contribution >= 0.6 is 0 Å². The van der Waals surface area contributed by atoms with E-state index in [2.05, 4.69) is 18.2 Å². The molecule has 0 spiro atoms. The summed E-state index contributed by atoms with van der Waals surface area (Å²) in [7, 11) is 1.65. The largest absolute Gasteiger partial charge is 0.507 e. The summed E-state index contributed by atoms with van der Waals surface area (Å²) in [5.74, 6) is 1.13. The van der Waals surface area contributed by atoms with Crippen molar-refractivity contribution in [3.63, 3.8) is 0 Å². The summed E-state index contributed by atoms with van der Waals surface area (Å²) in [6.07, 6.45) is 0. The van der Waals surface area contributed by atoms with Gasteiger partial charge in [0.2, 0.25) is 0 Å². The fourth-order valence-electron chi connectivity index (χ4n) is 3.17. The summed E-state index contributed by atoms with van der Waals surface area (Å²) in [4.78, 5) is 0. The van der Waals surface area contributed by atoms with Crippen LogP contribution < -0.4 is 4.74 Å². The first-order valence-electron chi connectivity index (χ1n) is 7.56. The summed E-state index contributed by atoms with van der Waals surface area (Å²) in [5.41, 5.74) is 1.84. The van der Waals surface area contributed by atoms with Crippen LogP contribution in [-0.4, -0.2) is 12.2 Å². The first-order chi connectivity index (χ1) is 11.3. The van der Waals surface area contributed by atoms with Crippen LogP contribution in [0.2, 0.25) is 0 Å². The Morgan fingerprint density at radius 2 is 1.17 bits per heavy atom. The molecule has 0 aliphatic rings. The minimum absolute atomic E-state index is 0.324. The summed E-state index contributed by atoms with van der Waals surface area (Å²) in [5, 5.41) is 15.0. The highest BCUT2D eigenvalue weighted by molar-refractivity contribution is 6.17. The lowest BCUT2D eigenvalue weighted by Gasteiger charge is -2.14. The molecule has 1 N–H and O–H groups in total. The van der Waals surface area contributed by atoms with Gasteiger partial charge in [0.1, 0.15) is 11.5 Å². The predicted molar refractivity (Wildman–Crippen MR) is 95.1 cm³/mol. The van der Waals surface area contributed by atoms with E-state index in [1.165, 1.54) is 0 Å². The summed E-state index contributed by atoms with van der Waals surface area (Å²) < 4.78 is 5.23. The highest BCUT2D eigenvalue weighted by atomic mass is 16.5. The van der Waals surface area contributed by atoms with Crippen molar-refractivity contribution in [1.29, 1.82) is 0 Å². The van der Waals surface area contributed by atoms with Gasteiger partial charge in [0.15, 0.2) is 0 Å². The zero-order chi connectivity index (χ0) is 15.8. The van der Waals surface area contributed by atoms with E-state index in [4.69, 9.17) is 4.74 Å². The van der Waals surface area contributed by atoms with Gasteiger partial charge in [-0.05, 0) is 33.9 Å². The topological polar surface area (TPSA) is 29.5 Å². The third kappa shape index (κ3) is 2.11. The van der Waals surface area contributed by atoms with Crippen molar-refractivity contribution in [2.45, 2.75) is 0 Å². The van der Waals surface area contributed by atoms with Crippen LogP contribution in [0.1, 0.15) is 0 Å². The number of aromatic hydroxyl groups is 1. The molecular formula is C21H16O2. The van der Waals surface area contributed by atoms with E-state index in [0.717, 1.165) is 38.4 Å². The van der Waals surface area contributed by atoms with Crippen molar-refractivity contribution in [3.05, 3.63) is 72.8 Å². The number of phenolic OH excluding ortho intramolecular Hbond substituents is 1. The lowest BCUT2D eigenvalue weighted by molar-refractivity contribution is 0.415. The Labute approximate surface area is 134 Å². The number of hydrogen-bond acceptors (Lipinski definition) is 2. The Hall–Kier alpha value is -3.00. The number of fused-ring (bicyclic) bond motifs is 3. The number of phenols is 1. The summed E-state index contributed by atoms with van der Waals surface area (Å²) >= 11 is 0. The Bertz CT molecular complexity index is 1000. The molecule has 112 valence electrons. The molecule has 0 unspecified atom stereocenters. The Kier molecular flexibility index (Phi) is 3.16. The van der Waals surface area contributed by atoms with Gasteiger partial charge < -0.3 is 9.84 Å². The van der Waals surface area contributed by atoms with Crippen molar-refractivity contribution >= 4 is 21.5 Å². The number of methoxy groups -OCH3 is 1. The molecule has 23 heavy (non-hydrogen) atoms. The molecule has 0 aliphatic heterocycles. The molecule has 0 aliphatic carbocycles. The molecule has 0 fully saturated rings. The van der Waals surface area contributed by atoms with E-state index in [0.29, 0.717) is 5.75 Å². The number of ether oxygens (including phenoxy) is 1. The van der Waals surface area contributed by atoms with Gasteiger partial charge in [-0.15, -0.1) is 0 Å². The van der Waals surface area contributed by atoms with Gasteiger partial charge in [-0.25, -0.2) is 0 Å². The molecule has 0 saturated carbocycles. The highest BCUT2D eigenvalue weighted by Crippen LogP contribution is 2.43. The lowest BCUT2D eigenvalue weighted by atomic mass is 9.92. The smallest absolute Gasteiger partial charge is 0.131 e. The van der Waals surface area contributed by atoms with Gasteiger partial charge in [-0.2, -0.15) is 0 Å². The maximum Gasteiger partial charge on any atom is 0.131 e. The van der Waals surface area contributed by atoms with Gasteiger partial charge in [-0.3, -0.25) is 0 Å². The van der Waals surface area contributed by atoms with Gasteiger partial charge in [0.25, 0.3) is 0 Å². The second kappa shape index (κ2) is 5.33. The van der Waals surface area contributed by atoms with Crippen LogP contribution in [0.15, 0.2) is 72.8 Å². The van der Waals surface area contributed by atoms with E-state index in [-0.39, 0.29) is 0 Å². The van der Waals surface area contributed by atoms with E-state index >= 15 is 0 Å². The van der Waals surface area contributed by atoms with Crippen LogP contribution in [0, 0.1) is 0 Å². The average Bonchev–Trinajstić information content (AvgIpc) is 2.63. The minimum atomic E-state index is 0.324. The monoisotopic (exact) mass is 300 g/mol. The number of benzene rings is 4. The van der Waals surface area contributed by atoms with Crippen LogP contribution in [-0.2, 0) is 0 Å². The second-order valence-electron chi connectivity index (χ2n) is 5.54. The van der Waals surface area contributed by atoms with Crippen molar-refractivity contribution in [3.8, 4) is 22.6 Å². The molecule has 2 heteroatoms.